The molecule has 4 aromatic rings. The van der Waals surface area contributed by atoms with E-state index in [1.807, 2.05) is 6.92 Å². The van der Waals surface area contributed by atoms with E-state index in [0.29, 0.717) is 40.4 Å². The average Bonchev–Trinajstić information content (AvgIpc) is 3.60. The van der Waals surface area contributed by atoms with Gasteiger partial charge in [0.25, 0.3) is 5.56 Å². The van der Waals surface area contributed by atoms with Crippen molar-refractivity contribution < 1.29 is 23.0 Å². The second-order valence-electron chi connectivity index (χ2n) is 9.84. The van der Waals surface area contributed by atoms with Crippen molar-refractivity contribution in [1.82, 2.24) is 24.3 Å². The number of aromatic nitrogens is 4. The highest BCUT2D eigenvalue weighted by Crippen LogP contribution is 2.35. The number of imidazole rings is 1. The number of nitrogens with zero attached hydrogens (tertiary/aromatic N) is 3. The number of nitrogens with one attached hydrogen (secondary N) is 2. The number of H-pyrrole nitrogens is 1. The minimum Gasteiger partial charge on any atom is -0.497 e. The van der Waals surface area contributed by atoms with Gasteiger partial charge in [0.15, 0.2) is 11.3 Å². The highest BCUT2D eigenvalue weighted by molar-refractivity contribution is 7.89. The zero-order valence-corrected chi connectivity index (χ0v) is 23.5. The summed E-state index contributed by atoms with van der Waals surface area (Å²) in [5.41, 5.74) is 1.44. The van der Waals surface area contributed by atoms with Crippen LogP contribution < -0.4 is 19.8 Å². The van der Waals surface area contributed by atoms with Gasteiger partial charge in [-0.3, -0.25) is 4.79 Å². The van der Waals surface area contributed by atoms with E-state index in [1.54, 1.807) is 35.7 Å². The molecule has 1 aliphatic carbocycles. The Hall–Kier alpha value is -3.74. The van der Waals surface area contributed by atoms with Crippen molar-refractivity contribution in [3.05, 3.63) is 69.9 Å². The maximum Gasteiger partial charge on any atom is 0.277 e. The number of rotatable bonds is 10. The predicted molar refractivity (Wildman–Crippen MR) is 149 cm³/mol. The van der Waals surface area contributed by atoms with Crippen molar-refractivity contribution in [2.75, 3.05) is 20.3 Å². The first-order valence-electron chi connectivity index (χ1n) is 13.3. The Morgan fingerprint density at radius 2 is 1.98 bits per heavy atom. The number of hydrogen-bond donors (Lipinski definition) is 3. The molecule has 2 heterocycles. The van der Waals surface area contributed by atoms with Crippen molar-refractivity contribution >= 4 is 15.5 Å². The van der Waals surface area contributed by atoms with Crippen LogP contribution in [0.3, 0.4) is 0 Å². The molecule has 5 rings (SSSR count). The third-order valence-electron chi connectivity index (χ3n) is 7.18. The molecule has 1 atom stereocenters. The van der Waals surface area contributed by atoms with E-state index in [4.69, 9.17) is 14.6 Å². The highest BCUT2D eigenvalue weighted by atomic mass is 32.2. The third kappa shape index (κ3) is 5.47. The van der Waals surface area contributed by atoms with Crippen LogP contribution in [0.25, 0.3) is 16.9 Å². The molecule has 0 spiro atoms. The lowest BCUT2D eigenvalue weighted by Gasteiger charge is -2.15. The van der Waals surface area contributed by atoms with Crippen LogP contribution in [0.1, 0.15) is 61.7 Å². The molecule has 1 unspecified atom stereocenters. The SMILES string of the molecule is CCOc1ccc(S(=O)(=O)NCC(O)c2cccc(OC)c2)cc1-c1nn2c(C3CCCC3)nc(C)c2c(=O)[nH]1. The Labute approximate surface area is 232 Å². The maximum absolute atomic E-state index is 13.3. The monoisotopic (exact) mass is 567 g/mol. The lowest BCUT2D eigenvalue weighted by atomic mass is 10.1. The Bertz CT molecular complexity index is 1690. The first-order valence-corrected chi connectivity index (χ1v) is 14.8. The largest absolute Gasteiger partial charge is 0.497 e. The lowest BCUT2D eigenvalue weighted by molar-refractivity contribution is 0.181. The van der Waals surface area contributed by atoms with Gasteiger partial charge in [-0.2, -0.15) is 0 Å². The van der Waals surface area contributed by atoms with Gasteiger partial charge in [0.1, 0.15) is 17.3 Å². The van der Waals surface area contributed by atoms with E-state index in [2.05, 4.69) is 14.7 Å². The Kier molecular flexibility index (Phi) is 7.92. The summed E-state index contributed by atoms with van der Waals surface area (Å²) in [5.74, 6) is 2.05. The zero-order valence-electron chi connectivity index (χ0n) is 22.7. The Balaban J connectivity index is 1.50. The van der Waals surface area contributed by atoms with Gasteiger partial charge < -0.3 is 19.6 Å². The average molecular weight is 568 g/mol. The fourth-order valence-corrected chi connectivity index (χ4v) is 6.21. The van der Waals surface area contributed by atoms with Gasteiger partial charge in [-0.25, -0.2) is 22.6 Å². The smallest absolute Gasteiger partial charge is 0.277 e. The summed E-state index contributed by atoms with van der Waals surface area (Å²) in [7, 11) is -2.53. The summed E-state index contributed by atoms with van der Waals surface area (Å²) in [6.45, 7) is 3.67. The molecule has 1 fully saturated rings. The summed E-state index contributed by atoms with van der Waals surface area (Å²) < 4.78 is 41.5. The number of aryl methyl sites for hydroxylation is 1. The predicted octanol–water partition coefficient (Wildman–Crippen LogP) is 3.47. The van der Waals surface area contributed by atoms with Gasteiger partial charge in [-0.1, -0.05) is 25.0 Å². The molecular formula is C28H33N5O6S. The molecule has 0 saturated heterocycles. The molecule has 12 heteroatoms. The van der Waals surface area contributed by atoms with E-state index in [-0.39, 0.29) is 28.7 Å². The molecule has 2 aromatic heterocycles. The Morgan fingerprint density at radius 1 is 1.20 bits per heavy atom. The van der Waals surface area contributed by atoms with Crippen LogP contribution in [0.15, 0.2) is 52.2 Å². The first kappa shape index (κ1) is 27.8. The second-order valence-corrected chi connectivity index (χ2v) is 11.6. The third-order valence-corrected chi connectivity index (χ3v) is 8.60. The summed E-state index contributed by atoms with van der Waals surface area (Å²) in [5, 5.41) is 15.3. The highest BCUT2D eigenvalue weighted by Gasteiger charge is 2.26. The number of aliphatic hydroxyl groups is 1. The van der Waals surface area contributed by atoms with E-state index in [1.165, 1.54) is 25.3 Å². The number of sulfonamides is 1. The van der Waals surface area contributed by atoms with E-state index in [9.17, 15) is 18.3 Å². The van der Waals surface area contributed by atoms with Crippen LogP contribution in [0, 0.1) is 6.92 Å². The minimum atomic E-state index is -4.05. The molecule has 3 N–H and O–H groups in total. The molecule has 1 aliphatic rings. The summed E-state index contributed by atoms with van der Waals surface area (Å²) >= 11 is 0. The molecule has 212 valence electrons. The van der Waals surface area contributed by atoms with E-state index >= 15 is 0 Å². The Morgan fingerprint density at radius 3 is 2.70 bits per heavy atom. The summed E-state index contributed by atoms with van der Waals surface area (Å²) in [6, 6.07) is 11.1. The van der Waals surface area contributed by atoms with Gasteiger partial charge in [0, 0.05) is 12.5 Å². The van der Waals surface area contributed by atoms with Crippen LogP contribution in [0.5, 0.6) is 11.5 Å². The van der Waals surface area contributed by atoms with Gasteiger partial charge in [0.2, 0.25) is 10.0 Å². The van der Waals surface area contributed by atoms with Crippen molar-refractivity contribution in [2.24, 2.45) is 0 Å². The van der Waals surface area contributed by atoms with Crippen molar-refractivity contribution in [3.63, 3.8) is 0 Å². The van der Waals surface area contributed by atoms with Crippen LogP contribution >= 0.6 is 0 Å². The fraction of sp³-hybridized carbons (Fsp3) is 0.393. The van der Waals surface area contributed by atoms with Crippen molar-refractivity contribution in [3.8, 4) is 22.9 Å². The molecule has 0 aliphatic heterocycles. The van der Waals surface area contributed by atoms with Crippen molar-refractivity contribution in [2.45, 2.75) is 56.4 Å². The van der Waals surface area contributed by atoms with Crippen LogP contribution in [-0.2, 0) is 10.0 Å². The molecule has 40 heavy (non-hydrogen) atoms. The number of ether oxygens (including phenoxy) is 2. The first-order chi connectivity index (χ1) is 19.2. The molecule has 11 nitrogen and oxygen atoms in total. The molecule has 0 amide bonds. The maximum atomic E-state index is 13.3. The van der Waals surface area contributed by atoms with Crippen LogP contribution in [-0.4, -0.2) is 53.4 Å². The standard InChI is InChI=1S/C28H33N5O6S/c1-4-39-24-13-12-21(40(36,37)29-16-23(34)19-10-7-11-20(14-19)38-3)15-22(24)26-31-28(35)25-17(2)30-27(33(25)32-26)18-8-5-6-9-18/h7,10-15,18,23,29,34H,4-6,8-9,16H2,1-3H3,(H,31,32,35). The van der Waals surface area contributed by atoms with Gasteiger partial charge >= 0.3 is 0 Å². The molecular weight excluding hydrogens is 534 g/mol. The lowest BCUT2D eigenvalue weighted by Crippen LogP contribution is -2.28. The number of aliphatic hydroxyl groups excluding tert-OH is 1. The quantitative estimate of drug-likeness (QED) is 0.264. The van der Waals surface area contributed by atoms with Gasteiger partial charge in [0.05, 0.1) is 36.0 Å². The summed E-state index contributed by atoms with van der Waals surface area (Å²) in [4.78, 5) is 20.6. The molecule has 0 radical (unpaired) electrons. The van der Waals surface area contributed by atoms with Crippen molar-refractivity contribution in [1.29, 1.82) is 0 Å². The van der Waals surface area contributed by atoms with Gasteiger partial charge in [-0.05, 0) is 62.6 Å². The number of methoxy groups -OCH3 is 1. The normalized spacial score (nSPS) is 15.0. The van der Waals surface area contributed by atoms with E-state index < -0.39 is 16.1 Å². The molecule has 2 aromatic carbocycles. The van der Waals surface area contributed by atoms with Gasteiger partial charge in [-0.15, -0.1) is 5.10 Å². The second kappa shape index (κ2) is 11.4. The van der Waals surface area contributed by atoms with Crippen LogP contribution in [0.2, 0.25) is 0 Å². The zero-order chi connectivity index (χ0) is 28.4. The van der Waals surface area contributed by atoms with Crippen LogP contribution in [0.4, 0.5) is 0 Å². The number of benzene rings is 2. The fourth-order valence-electron chi connectivity index (χ4n) is 5.14. The number of hydrogen-bond acceptors (Lipinski definition) is 8. The summed E-state index contributed by atoms with van der Waals surface area (Å²) in [6.07, 6.45) is 3.07. The number of aromatic amines is 1. The minimum absolute atomic E-state index is 0.0654. The topological polar surface area (TPSA) is 148 Å². The number of fused-ring (bicyclic) bond motifs is 1. The molecule has 0 bridgehead atoms. The molecule has 1 saturated carbocycles. The van der Waals surface area contributed by atoms with E-state index in [0.717, 1.165) is 31.5 Å².